The highest BCUT2D eigenvalue weighted by atomic mass is 16.2. The third-order valence-corrected chi connectivity index (χ3v) is 4.55. The Hall–Kier alpha value is -1.36. The van der Waals surface area contributed by atoms with E-state index in [0.717, 1.165) is 25.1 Å². The molecule has 2 unspecified atom stereocenters. The number of amides is 1. The molecule has 0 aliphatic carbocycles. The minimum Gasteiger partial charge on any atom is -0.336 e. The Morgan fingerprint density at radius 1 is 1.42 bits per heavy atom. The van der Waals surface area contributed by atoms with Crippen LogP contribution in [0.15, 0.2) is 6.20 Å². The van der Waals surface area contributed by atoms with E-state index in [1.54, 1.807) is 6.20 Å². The number of hydrogen-bond acceptors (Lipinski definition) is 3. The van der Waals surface area contributed by atoms with Crippen LogP contribution in [0.3, 0.4) is 0 Å². The van der Waals surface area contributed by atoms with Gasteiger partial charge in [0, 0.05) is 30.4 Å². The monoisotopic (exact) mass is 262 g/mol. The minimum absolute atomic E-state index is 0.125. The van der Waals surface area contributed by atoms with E-state index in [1.165, 1.54) is 12.8 Å². The van der Waals surface area contributed by atoms with Gasteiger partial charge in [-0.15, -0.1) is 0 Å². The zero-order valence-corrected chi connectivity index (χ0v) is 11.6. The number of carbonyl (C=O) groups excluding carboxylic acids is 1. The van der Waals surface area contributed by atoms with Crippen LogP contribution in [0.5, 0.6) is 0 Å². The van der Waals surface area contributed by atoms with Crippen molar-refractivity contribution in [3.63, 3.8) is 0 Å². The van der Waals surface area contributed by atoms with Crippen LogP contribution in [-0.4, -0.2) is 45.7 Å². The summed E-state index contributed by atoms with van der Waals surface area (Å²) in [6.45, 7) is 4.74. The van der Waals surface area contributed by atoms with Crippen LogP contribution in [0.2, 0.25) is 0 Å². The molecule has 2 fully saturated rings. The first-order valence-corrected chi connectivity index (χ1v) is 7.26. The summed E-state index contributed by atoms with van der Waals surface area (Å²) >= 11 is 0. The van der Waals surface area contributed by atoms with Crippen molar-refractivity contribution in [3.8, 4) is 0 Å². The highest BCUT2D eigenvalue weighted by Gasteiger charge is 2.37. The Bertz CT molecular complexity index is 458. The van der Waals surface area contributed by atoms with Crippen molar-refractivity contribution in [2.45, 2.75) is 57.7 Å². The fraction of sp³-hybridized carbons (Fsp3) is 0.714. The molecule has 2 bridgehead atoms. The van der Waals surface area contributed by atoms with Crippen LogP contribution in [0.25, 0.3) is 0 Å². The molecule has 2 N–H and O–H groups in total. The number of aromatic amines is 1. The first-order valence-electron chi connectivity index (χ1n) is 7.26. The largest absolute Gasteiger partial charge is 0.336 e. The number of carbonyl (C=O) groups is 1. The molecule has 3 heterocycles. The van der Waals surface area contributed by atoms with Gasteiger partial charge in [0.05, 0.1) is 11.8 Å². The van der Waals surface area contributed by atoms with E-state index in [0.29, 0.717) is 23.7 Å². The van der Waals surface area contributed by atoms with Crippen molar-refractivity contribution >= 4 is 5.91 Å². The topological polar surface area (TPSA) is 61.0 Å². The molecule has 0 saturated carbocycles. The molecule has 3 rings (SSSR count). The Kier molecular flexibility index (Phi) is 3.31. The summed E-state index contributed by atoms with van der Waals surface area (Å²) in [5, 5.41) is 10.4. The first-order chi connectivity index (χ1) is 9.19. The van der Waals surface area contributed by atoms with E-state index in [1.807, 2.05) is 11.8 Å². The normalized spacial score (nSPS) is 29.5. The van der Waals surface area contributed by atoms with Gasteiger partial charge < -0.3 is 10.2 Å². The molecule has 2 aliphatic heterocycles. The highest BCUT2D eigenvalue weighted by Crippen LogP contribution is 2.30. The lowest BCUT2D eigenvalue weighted by molar-refractivity contribution is 0.0630. The van der Waals surface area contributed by atoms with Crippen molar-refractivity contribution in [2.24, 2.45) is 0 Å². The van der Waals surface area contributed by atoms with E-state index >= 15 is 0 Å². The quantitative estimate of drug-likeness (QED) is 0.867. The van der Waals surface area contributed by atoms with Crippen LogP contribution in [0.4, 0.5) is 0 Å². The van der Waals surface area contributed by atoms with Gasteiger partial charge in [0.1, 0.15) is 0 Å². The molecule has 2 saturated heterocycles. The van der Waals surface area contributed by atoms with Gasteiger partial charge in [0.25, 0.3) is 5.91 Å². The maximum absolute atomic E-state index is 12.6. The predicted molar refractivity (Wildman–Crippen MR) is 73.0 cm³/mol. The average molecular weight is 262 g/mol. The van der Waals surface area contributed by atoms with E-state index in [4.69, 9.17) is 0 Å². The summed E-state index contributed by atoms with van der Waals surface area (Å²) in [4.78, 5) is 14.7. The van der Waals surface area contributed by atoms with Gasteiger partial charge in [-0.3, -0.25) is 9.89 Å². The molecular formula is C14H22N4O. The summed E-state index contributed by atoms with van der Waals surface area (Å²) in [5.74, 6) is 0.125. The van der Waals surface area contributed by atoms with Gasteiger partial charge in [-0.25, -0.2) is 0 Å². The first kappa shape index (κ1) is 12.7. The number of H-pyrrole nitrogens is 1. The maximum atomic E-state index is 12.6. The summed E-state index contributed by atoms with van der Waals surface area (Å²) in [6.07, 6.45) is 6.35. The summed E-state index contributed by atoms with van der Waals surface area (Å²) in [7, 11) is 0. The standard InChI is InChI=1S/C14H22N4O/c1-3-18(14(19)13-8-15-17-9(13)2)12-6-10-4-5-11(7-12)16-10/h8,10-12,16H,3-7H2,1-2H3,(H,15,17). The second kappa shape index (κ2) is 4.96. The van der Waals surface area contributed by atoms with E-state index < -0.39 is 0 Å². The SMILES string of the molecule is CCN(C(=O)c1cn[nH]c1C)C1CC2CCC(C1)N2. The van der Waals surface area contributed by atoms with Gasteiger partial charge >= 0.3 is 0 Å². The molecule has 0 spiro atoms. The fourth-order valence-electron chi connectivity index (χ4n) is 3.57. The third-order valence-electron chi connectivity index (χ3n) is 4.55. The van der Waals surface area contributed by atoms with Gasteiger partial charge in [-0.05, 0) is 39.5 Å². The zero-order chi connectivity index (χ0) is 13.4. The highest BCUT2D eigenvalue weighted by molar-refractivity contribution is 5.95. The third kappa shape index (κ3) is 2.27. The molecular weight excluding hydrogens is 240 g/mol. The number of piperidine rings is 1. The van der Waals surface area contributed by atoms with Crippen molar-refractivity contribution in [2.75, 3.05) is 6.54 Å². The summed E-state index contributed by atoms with van der Waals surface area (Å²) in [5.41, 5.74) is 1.58. The number of rotatable bonds is 3. The number of nitrogens with one attached hydrogen (secondary N) is 2. The molecule has 2 aliphatic rings. The van der Waals surface area contributed by atoms with Crippen molar-refractivity contribution in [1.82, 2.24) is 20.4 Å². The Morgan fingerprint density at radius 3 is 2.63 bits per heavy atom. The molecule has 2 atom stereocenters. The number of aromatic nitrogens is 2. The Labute approximate surface area is 113 Å². The van der Waals surface area contributed by atoms with Crippen molar-refractivity contribution in [3.05, 3.63) is 17.5 Å². The number of hydrogen-bond donors (Lipinski definition) is 2. The molecule has 19 heavy (non-hydrogen) atoms. The van der Waals surface area contributed by atoms with Gasteiger partial charge in [0.2, 0.25) is 0 Å². The molecule has 1 aromatic heterocycles. The van der Waals surface area contributed by atoms with Crippen LogP contribution in [0.1, 0.15) is 48.7 Å². The molecule has 0 aromatic carbocycles. The number of fused-ring (bicyclic) bond motifs is 2. The van der Waals surface area contributed by atoms with Crippen molar-refractivity contribution in [1.29, 1.82) is 0 Å². The van der Waals surface area contributed by atoms with Crippen LogP contribution >= 0.6 is 0 Å². The van der Waals surface area contributed by atoms with E-state index in [-0.39, 0.29) is 5.91 Å². The predicted octanol–water partition coefficient (Wildman–Crippen LogP) is 1.46. The lowest BCUT2D eigenvalue weighted by Gasteiger charge is -2.37. The molecule has 1 aromatic rings. The van der Waals surface area contributed by atoms with Crippen LogP contribution < -0.4 is 5.32 Å². The van der Waals surface area contributed by atoms with Gasteiger partial charge in [-0.2, -0.15) is 5.10 Å². The molecule has 104 valence electrons. The smallest absolute Gasteiger partial charge is 0.257 e. The lowest BCUT2D eigenvalue weighted by Crippen LogP contribution is -2.50. The minimum atomic E-state index is 0.125. The average Bonchev–Trinajstić information content (AvgIpc) is 2.96. The molecule has 1 amide bonds. The second-order valence-corrected chi connectivity index (χ2v) is 5.76. The second-order valence-electron chi connectivity index (χ2n) is 5.76. The fourth-order valence-corrected chi connectivity index (χ4v) is 3.57. The van der Waals surface area contributed by atoms with Gasteiger partial charge in [0.15, 0.2) is 0 Å². The summed E-state index contributed by atoms with van der Waals surface area (Å²) in [6, 6.07) is 1.60. The zero-order valence-electron chi connectivity index (χ0n) is 11.6. The van der Waals surface area contributed by atoms with E-state index in [9.17, 15) is 4.79 Å². The Balaban J connectivity index is 1.77. The molecule has 5 nitrogen and oxygen atoms in total. The molecule has 5 heteroatoms. The van der Waals surface area contributed by atoms with Crippen LogP contribution in [-0.2, 0) is 0 Å². The molecule has 0 radical (unpaired) electrons. The van der Waals surface area contributed by atoms with Gasteiger partial charge in [-0.1, -0.05) is 0 Å². The van der Waals surface area contributed by atoms with Crippen LogP contribution in [0, 0.1) is 6.92 Å². The maximum Gasteiger partial charge on any atom is 0.257 e. The van der Waals surface area contributed by atoms with Crippen molar-refractivity contribution < 1.29 is 4.79 Å². The summed E-state index contributed by atoms with van der Waals surface area (Å²) < 4.78 is 0. The Morgan fingerprint density at radius 2 is 2.11 bits per heavy atom. The van der Waals surface area contributed by atoms with E-state index in [2.05, 4.69) is 22.4 Å². The number of nitrogens with zero attached hydrogens (tertiary/aromatic N) is 2. The lowest BCUT2D eigenvalue weighted by atomic mass is 9.97. The number of aryl methyl sites for hydroxylation is 1.